The molecule has 14 heavy (non-hydrogen) atoms. The van der Waals surface area contributed by atoms with Crippen LogP contribution in [0.3, 0.4) is 0 Å². The van der Waals surface area contributed by atoms with Crippen LogP contribution in [0, 0.1) is 0 Å². The SMILES string of the molecule is NBC1CCCCCCCCCCC1. The van der Waals surface area contributed by atoms with Gasteiger partial charge in [0, 0.05) is 0 Å². The highest BCUT2D eigenvalue weighted by molar-refractivity contribution is 6.33. The van der Waals surface area contributed by atoms with E-state index >= 15 is 0 Å². The van der Waals surface area contributed by atoms with E-state index in [0.717, 1.165) is 13.2 Å². The first-order valence-corrected chi connectivity index (χ1v) is 6.63. The maximum Gasteiger partial charge on any atom is 0.201 e. The van der Waals surface area contributed by atoms with Crippen LogP contribution in [0.2, 0.25) is 5.82 Å². The smallest absolute Gasteiger partial charge is 0.201 e. The second-order valence-corrected chi connectivity index (χ2v) is 4.86. The quantitative estimate of drug-likeness (QED) is 0.637. The molecular weight excluding hydrogens is 169 g/mol. The first kappa shape index (κ1) is 12.1. The zero-order valence-electron chi connectivity index (χ0n) is 9.64. The summed E-state index contributed by atoms with van der Waals surface area (Å²) >= 11 is 0. The van der Waals surface area contributed by atoms with Crippen molar-refractivity contribution >= 4 is 7.41 Å². The summed E-state index contributed by atoms with van der Waals surface area (Å²) in [6.07, 6.45) is 15.8. The monoisotopic (exact) mass is 195 g/mol. The van der Waals surface area contributed by atoms with Crippen LogP contribution in [0.1, 0.15) is 70.6 Å². The van der Waals surface area contributed by atoms with Gasteiger partial charge in [0.05, 0.1) is 0 Å². The maximum atomic E-state index is 5.78. The van der Waals surface area contributed by atoms with Crippen molar-refractivity contribution in [2.75, 3.05) is 0 Å². The molecule has 0 amide bonds. The van der Waals surface area contributed by atoms with E-state index in [1.54, 1.807) is 0 Å². The lowest BCUT2D eigenvalue weighted by molar-refractivity contribution is 0.502. The molecule has 2 N–H and O–H groups in total. The normalized spacial score (nSPS) is 23.5. The van der Waals surface area contributed by atoms with E-state index in [9.17, 15) is 0 Å². The van der Waals surface area contributed by atoms with Crippen molar-refractivity contribution in [1.29, 1.82) is 0 Å². The second kappa shape index (κ2) is 8.34. The number of hydrogen-bond donors (Lipinski definition) is 1. The van der Waals surface area contributed by atoms with Gasteiger partial charge in [0.15, 0.2) is 0 Å². The zero-order chi connectivity index (χ0) is 10.1. The summed E-state index contributed by atoms with van der Waals surface area (Å²) in [5.74, 6) is 0.828. The van der Waals surface area contributed by atoms with Crippen LogP contribution in [0.5, 0.6) is 0 Å². The van der Waals surface area contributed by atoms with E-state index in [1.165, 1.54) is 70.6 Å². The van der Waals surface area contributed by atoms with Gasteiger partial charge in [0.25, 0.3) is 0 Å². The molecule has 1 saturated carbocycles. The van der Waals surface area contributed by atoms with Crippen LogP contribution < -0.4 is 5.64 Å². The Hall–Kier alpha value is 0.0249. The molecule has 0 saturated heterocycles. The average molecular weight is 195 g/mol. The van der Waals surface area contributed by atoms with Crippen molar-refractivity contribution in [2.45, 2.75) is 76.4 Å². The molecule has 0 spiro atoms. The summed E-state index contributed by atoms with van der Waals surface area (Å²) in [5.41, 5.74) is 5.78. The van der Waals surface area contributed by atoms with Crippen LogP contribution >= 0.6 is 0 Å². The average Bonchev–Trinajstić information content (AvgIpc) is 2.19. The fourth-order valence-electron chi connectivity index (χ4n) is 2.48. The number of rotatable bonds is 1. The van der Waals surface area contributed by atoms with Crippen LogP contribution in [-0.2, 0) is 0 Å². The molecule has 0 aromatic heterocycles. The largest absolute Gasteiger partial charge is 0.373 e. The van der Waals surface area contributed by atoms with Gasteiger partial charge in [-0.05, 0) is 0 Å². The molecule has 1 nitrogen and oxygen atoms in total. The molecule has 0 bridgehead atoms. The lowest BCUT2D eigenvalue weighted by Gasteiger charge is -2.14. The van der Waals surface area contributed by atoms with Crippen molar-refractivity contribution in [3.05, 3.63) is 0 Å². The Balaban J connectivity index is 2.17. The molecule has 0 radical (unpaired) electrons. The van der Waals surface area contributed by atoms with Gasteiger partial charge in [0.2, 0.25) is 7.41 Å². The van der Waals surface area contributed by atoms with Crippen molar-refractivity contribution in [1.82, 2.24) is 0 Å². The third-order valence-corrected chi connectivity index (χ3v) is 3.56. The van der Waals surface area contributed by atoms with Crippen LogP contribution in [-0.4, -0.2) is 7.41 Å². The van der Waals surface area contributed by atoms with Gasteiger partial charge >= 0.3 is 0 Å². The molecular formula is C12H26BN. The summed E-state index contributed by atoms with van der Waals surface area (Å²) in [6, 6.07) is 0. The van der Waals surface area contributed by atoms with E-state index in [-0.39, 0.29) is 0 Å². The Labute approximate surface area is 90.1 Å². The summed E-state index contributed by atoms with van der Waals surface area (Å²) in [5, 5.41) is 0. The molecule has 0 aromatic carbocycles. The minimum Gasteiger partial charge on any atom is -0.373 e. The minimum absolute atomic E-state index is 0.828. The maximum absolute atomic E-state index is 5.78. The third-order valence-electron chi connectivity index (χ3n) is 3.56. The molecule has 1 rings (SSSR count). The summed E-state index contributed by atoms with van der Waals surface area (Å²) < 4.78 is 0. The summed E-state index contributed by atoms with van der Waals surface area (Å²) in [4.78, 5) is 0. The van der Waals surface area contributed by atoms with Gasteiger partial charge in [-0.2, -0.15) is 0 Å². The van der Waals surface area contributed by atoms with E-state index in [2.05, 4.69) is 0 Å². The highest BCUT2D eigenvalue weighted by Gasteiger charge is 2.08. The van der Waals surface area contributed by atoms with Crippen molar-refractivity contribution in [3.8, 4) is 0 Å². The molecule has 1 aliphatic carbocycles. The van der Waals surface area contributed by atoms with Crippen molar-refractivity contribution in [2.24, 2.45) is 5.64 Å². The van der Waals surface area contributed by atoms with E-state index in [0.29, 0.717) is 0 Å². The Morgan fingerprint density at radius 2 is 1.00 bits per heavy atom. The highest BCUT2D eigenvalue weighted by Crippen LogP contribution is 2.23. The predicted octanol–water partition coefficient (Wildman–Crippen LogP) is 3.39. The van der Waals surface area contributed by atoms with Gasteiger partial charge in [-0.3, -0.25) is 0 Å². The fourth-order valence-corrected chi connectivity index (χ4v) is 2.48. The molecule has 0 atom stereocenters. The standard InChI is InChI=1S/C12H26BN/c14-13-12-10-8-6-4-2-1-3-5-7-9-11-12/h12-13H,1-11,14H2. The highest BCUT2D eigenvalue weighted by atomic mass is 14.4. The van der Waals surface area contributed by atoms with Crippen LogP contribution in [0.4, 0.5) is 0 Å². The minimum atomic E-state index is 0.828. The van der Waals surface area contributed by atoms with Gasteiger partial charge in [0.1, 0.15) is 0 Å². The first-order chi connectivity index (χ1) is 6.93. The fraction of sp³-hybridized carbons (Fsp3) is 1.00. The Morgan fingerprint density at radius 1 is 0.643 bits per heavy atom. The lowest BCUT2D eigenvalue weighted by Crippen LogP contribution is -2.14. The molecule has 1 fully saturated rings. The van der Waals surface area contributed by atoms with Gasteiger partial charge < -0.3 is 5.64 Å². The summed E-state index contributed by atoms with van der Waals surface area (Å²) in [7, 11) is 0.917. The molecule has 0 aliphatic heterocycles. The molecule has 2 heteroatoms. The lowest BCUT2D eigenvalue weighted by atomic mass is 9.71. The summed E-state index contributed by atoms with van der Waals surface area (Å²) in [6.45, 7) is 0. The number of hydrogen-bond acceptors (Lipinski definition) is 1. The van der Waals surface area contributed by atoms with E-state index in [1.807, 2.05) is 0 Å². The second-order valence-electron chi connectivity index (χ2n) is 4.86. The number of nitrogens with two attached hydrogens (primary N) is 1. The van der Waals surface area contributed by atoms with Crippen molar-refractivity contribution < 1.29 is 0 Å². The van der Waals surface area contributed by atoms with E-state index < -0.39 is 0 Å². The third kappa shape index (κ3) is 5.69. The predicted molar refractivity (Wildman–Crippen MR) is 65.9 cm³/mol. The van der Waals surface area contributed by atoms with E-state index in [4.69, 9.17) is 5.64 Å². The van der Waals surface area contributed by atoms with Gasteiger partial charge in [-0.1, -0.05) is 76.4 Å². The van der Waals surface area contributed by atoms with Gasteiger partial charge in [-0.15, -0.1) is 0 Å². The Kier molecular flexibility index (Phi) is 7.21. The Bertz CT molecular complexity index is 115. The van der Waals surface area contributed by atoms with Crippen LogP contribution in [0.15, 0.2) is 0 Å². The molecule has 82 valence electrons. The van der Waals surface area contributed by atoms with Gasteiger partial charge in [-0.25, -0.2) is 0 Å². The molecule has 0 heterocycles. The zero-order valence-corrected chi connectivity index (χ0v) is 9.64. The Morgan fingerprint density at radius 3 is 1.36 bits per heavy atom. The first-order valence-electron chi connectivity index (χ1n) is 6.63. The molecule has 0 unspecified atom stereocenters. The van der Waals surface area contributed by atoms with Crippen molar-refractivity contribution in [3.63, 3.8) is 0 Å². The topological polar surface area (TPSA) is 26.0 Å². The van der Waals surface area contributed by atoms with Crippen LogP contribution in [0.25, 0.3) is 0 Å². The molecule has 0 aromatic rings. The molecule has 1 aliphatic rings.